The predicted octanol–water partition coefficient (Wildman–Crippen LogP) is 4.92. The first-order valence-electron chi connectivity index (χ1n) is 6.64. The summed E-state index contributed by atoms with van der Waals surface area (Å²) in [6.07, 6.45) is 0. The molecule has 0 bridgehead atoms. The average molecular weight is 336 g/mol. The Balaban J connectivity index is 2.12. The maximum absolute atomic E-state index is 13.3. The molecule has 0 saturated heterocycles. The summed E-state index contributed by atoms with van der Waals surface area (Å²) in [6.45, 7) is 6.91. The van der Waals surface area contributed by atoms with Crippen molar-refractivity contribution in [2.24, 2.45) is 0 Å². The smallest absolute Gasteiger partial charge is 0.123 e. The number of benzene rings is 2. The van der Waals surface area contributed by atoms with Crippen LogP contribution in [0.15, 0.2) is 46.9 Å². The molecule has 0 aromatic heterocycles. The van der Waals surface area contributed by atoms with E-state index in [2.05, 4.69) is 47.2 Å². The lowest BCUT2D eigenvalue weighted by atomic mass is 9.94. The second-order valence-electron chi connectivity index (χ2n) is 5.56. The first-order valence-corrected chi connectivity index (χ1v) is 7.44. The summed E-state index contributed by atoms with van der Waals surface area (Å²) < 4.78 is 14.4. The molecule has 2 aromatic rings. The lowest BCUT2D eigenvalue weighted by molar-refractivity contribution is 0.400. The van der Waals surface area contributed by atoms with Crippen molar-refractivity contribution in [3.05, 3.63) is 69.4 Å². The van der Waals surface area contributed by atoms with Gasteiger partial charge in [-0.25, -0.2) is 4.39 Å². The highest BCUT2D eigenvalue weighted by Crippen LogP contribution is 2.23. The van der Waals surface area contributed by atoms with Crippen LogP contribution >= 0.6 is 15.9 Å². The Bertz CT molecular complexity index is 590. The highest BCUT2D eigenvalue weighted by Gasteiger charge is 2.19. The maximum Gasteiger partial charge on any atom is 0.123 e. The van der Waals surface area contributed by atoms with Gasteiger partial charge in [-0.1, -0.05) is 34.1 Å². The molecule has 0 aliphatic heterocycles. The van der Waals surface area contributed by atoms with E-state index in [4.69, 9.17) is 0 Å². The minimum atomic E-state index is -0.186. The second kappa shape index (κ2) is 6.06. The second-order valence-corrected chi connectivity index (χ2v) is 6.47. The topological polar surface area (TPSA) is 12.0 Å². The largest absolute Gasteiger partial charge is 0.304 e. The summed E-state index contributed by atoms with van der Waals surface area (Å²) in [5.74, 6) is -0.186. The van der Waals surface area contributed by atoms with E-state index in [1.165, 1.54) is 11.6 Å². The van der Waals surface area contributed by atoms with Gasteiger partial charge in [-0.2, -0.15) is 0 Å². The van der Waals surface area contributed by atoms with Crippen molar-refractivity contribution in [2.45, 2.75) is 32.9 Å². The molecule has 20 heavy (non-hydrogen) atoms. The molecule has 0 heterocycles. The van der Waals surface area contributed by atoms with Crippen LogP contribution in [0.4, 0.5) is 4.39 Å². The molecular formula is C17H19BrFN. The van der Waals surface area contributed by atoms with E-state index >= 15 is 0 Å². The zero-order valence-corrected chi connectivity index (χ0v) is 13.6. The quantitative estimate of drug-likeness (QED) is 0.835. The van der Waals surface area contributed by atoms with Crippen LogP contribution in [0.25, 0.3) is 0 Å². The number of nitrogens with one attached hydrogen (secondary N) is 1. The molecule has 0 aliphatic carbocycles. The van der Waals surface area contributed by atoms with Crippen LogP contribution in [0.3, 0.4) is 0 Å². The Labute approximate surface area is 128 Å². The molecule has 0 amide bonds. The lowest BCUT2D eigenvalue weighted by Crippen LogP contribution is -2.36. The fraction of sp³-hybridized carbons (Fsp3) is 0.294. The van der Waals surface area contributed by atoms with Gasteiger partial charge >= 0.3 is 0 Å². The highest BCUT2D eigenvalue weighted by molar-refractivity contribution is 9.10. The minimum Gasteiger partial charge on any atom is -0.304 e. The van der Waals surface area contributed by atoms with Crippen molar-refractivity contribution >= 4 is 15.9 Å². The van der Waals surface area contributed by atoms with E-state index in [-0.39, 0.29) is 11.4 Å². The van der Waals surface area contributed by atoms with Gasteiger partial charge in [-0.15, -0.1) is 0 Å². The van der Waals surface area contributed by atoms with E-state index in [1.807, 2.05) is 25.1 Å². The first-order chi connectivity index (χ1) is 9.38. The van der Waals surface area contributed by atoms with Crippen LogP contribution in [0.5, 0.6) is 0 Å². The van der Waals surface area contributed by atoms with Crippen molar-refractivity contribution in [3.63, 3.8) is 0 Å². The molecule has 1 nitrogen and oxygen atoms in total. The Morgan fingerprint density at radius 1 is 1.10 bits per heavy atom. The van der Waals surface area contributed by atoms with Crippen LogP contribution in [0.1, 0.15) is 30.5 Å². The van der Waals surface area contributed by atoms with Crippen LogP contribution < -0.4 is 5.32 Å². The standard InChI is InChI=1S/C17H19BrFN/c1-12-4-9-16(19)10-13(12)11-20-17(2,3)14-5-7-15(18)8-6-14/h4-10,20H,11H2,1-3H3. The van der Waals surface area contributed by atoms with Crippen LogP contribution in [-0.2, 0) is 12.1 Å². The molecule has 0 unspecified atom stereocenters. The summed E-state index contributed by atoms with van der Waals surface area (Å²) in [5, 5.41) is 3.50. The molecule has 106 valence electrons. The zero-order chi connectivity index (χ0) is 14.8. The van der Waals surface area contributed by atoms with Crippen molar-refractivity contribution in [1.29, 1.82) is 0 Å². The van der Waals surface area contributed by atoms with E-state index in [1.54, 1.807) is 6.07 Å². The molecule has 0 radical (unpaired) electrons. The third kappa shape index (κ3) is 3.68. The third-order valence-corrected chi connectivity index (χ3v) is 4.13. The van der Waals surface area contributed by atoms with E-state index in [9.17, 15) is 4.39 Å². The highest BCUT2D eigenvalue weighted by atomic mass is 79.9. The van der Waals surface area contributed by atoms with Crippen molar-refractivity contribution < 1.29 is 4.39 Å². The fourth-order valence-corrected chi connectivity index (χ4v) is 2.38. The molecule has 0 atom stereocenters. The van der Waals surface area contributed by atoms with Gasteiger partial charge in [0.1, 0.15) is 5.82 Å². The number of hydrogen-bond donors (Lipinski definition) is 1. The number of aryl methyl sites for hydroxylation is 1. The Kier molecular flexibility index (Phi) is 4.61. The monoisotopic (exact) mass is 335 g/mol. The normalized spacial score (nSPS) is 11.7. The zero-order valence-electron chi connectivity index (χ0n) is 12.0. The summed E-state index contributed by atoms with van der Waals surface area (Å²) in [7, 11) is 0. The molecule has 0 saturated carbocycles. The van der Waals surface area contributed by atoms with Gasteiger partial charge in [0.2, 0.25) is 0 Å². The lowest BCUT2D eigenvalue weighted by Gasteiger charge is -2.27. The predicted molar refractivity (Wildman–Crippen MR) is 85.1 cm³/mol. The van der Waals surface area contributed by atoms with Crippen LogP contribution in [0, 0.1) is 12.7 Å². The number of rotatable bonds is 4. The molecule has 1 N–H and O–H groups in total. The molecule has 0 aliphatic rings. The van der Waals surface area contributed by atoms with E-state index < -0.39 is 0 Å². The van der Waals surface area contributed by atoms with Gasteiger partial charge in [-0.3, -0.25) is 0 Å². The summed E-state index contributed by atoms with van der Waals surface area (Å²) >= 11 is 3.44. The molecule has 3 heteroatoms. The minimum absolute atomic E-state index is 0.167. The van der Waals surface area contributed by atoms with Gasteiger partial charge in [0.25, 0.3) is 0 Å². The maximum atomic E-state index is 13.3. The van der Waals surface area contributed by atoms with Gasteiger partial charge in [0.15, 0.2) is 0 Å². The van der Waals surface area contributed by atoms with Gasteiger partial charge in [-0.05, 0) is 61.7 Å². The SMILES string of the molecule is Cc1ccc(F)cc1CNC(C)(C)c1ccc(Br)cc1. The molecule has 2 aromatic carbocycles. The Hall–Kier alpha value is -1.19. The summed E-state index contributed by atoms with van der Waals surface area (Å²) in [5.41, 5.74) is 3.13. The molecule has 0 fully saturated rings. The number of hydrogen-bond acceptors (Lipinski definition) is 1. The van der Waals surface area contributed by atoms with Crippen LogP contribution in [-0.4, -0.2) is 0 Å². The van der Waals surface area contributed by atoms with Gasteiger partial charge in [0.05, 0.1) is 0 Å². The molecular weight excluding hydrogens is 317 g/mol. The van der Waals surface area contributed by atoms with Crippen LogP contribution in [0.2, 0.25) is 0 Å². The van der Waals surface area contributed by atoms with Crippen molar-refractivity contribution in [2.75, 3.05) is 0 Å². The Morgan fingerprint density at radius 3 is 2.40 bits per heavy atom. The summed E-state index contributed by atoms with van der Waals surface area (Å²) in [6, 6.07) is 13.2. The first kappa shape index (κ1) is 15.2. The van der Waals surface area contributed by atoms with Crippen molar-refractivity contribution in [3.8, 4) is 0 Å². The number of halogens is 2. The van der Waals surface area contributed by atoms with Gasteiger partial charge < -0.3 is 5.32 Å². The van der Waals surface area contributed by atoms with E-state index in [0.29, 0.717) is 6.54 Å². The summed E-state index contributed by atoms with van der Waals surface area (Å²) in [4.78, 5) is 0. The third-order valence-electron chi connectivity index (χ3n) is 3.60. The van der Waals surface area contributed by atoms with Gasteiger partial charge in [0, 0.05) is 16.6 Å². The van der Waals surface area contributed by atoms with E-state index in [0.717, 1.165) is 15.6 Å². The molecule has 2 rings (SSSR count). The Morgan fingerprint density at radius 2 is 1.75 bits per heavy atom. The van der Waals surface area contributed by atoms with Crippen molar-refractivity contribution in [1.82, 2.24) is 5.32 Å². The fourth-order valence-electron chi connectivity index (χ4n) is 2.12. The average Bonchev–Trinajstić information content (AvgIpc) is 2.40. The molecule has 0 spiro atoms.